The van der Waals surface area contributed by atoms with Crippen LogP contribution in [-0.2, 0) is 28.0 Å². The quantitative estimate of drug-likeness (QED) is 0.403. The number of aryl methyl sites for hydroxylation is 1. The first-order valence-corrected chi connectivity index (χ1v) is 12.4. The van der Waals surface area contributed by atoms with Crippen LogP contribution in [0.5, 0.6) is 0 Å². The summed E-state index contributed by atoms with van der Waals surface area (Å²) in [7, 11) is 0. The summed E-state index contributed by atoms with van der Waals surface area (Å²) in [5, 5.41) is 4.06. The van der Waals surface area contributed by atoms with Crippen molar-refractivity contribution in [2.75, 3.05) is 13.1 Å². The van der Waals surface area contributed by atoms with Gasteiger partial charge in [-0.05, 0) is 49.3 Å². The van der Waals surface area contributed by atoms with Gasteiger partial charge in [0.15, 0.2) is 5.54 Å². The average molecular weight is 473 g/mol. The molecule has 0 saturated carbocycles. The van der Waals surface area contributed by atoms with E-state index < -0.39 is 11.6 Å². The maximum Gasteiger partial charge on any atom is 0.328 e. The van der Waals surface area contributed by atoms with Crippen molar-refractivity contribution in [1.29, 1.82) is 0 Å². The number of urea groups is 1. The van der Waals surface area contributed by atoms with Crippen LogP contribution in [0.25, 0.3) is 10.9 Å². The van der Waals surface area contributed by atoms with Gasteiger partial charge in [-0.25, -0.2) is 9.69 Å². The fourth-order valence-corrected chi connectivity index (χ4v) is 5.63. The van der Waals surface area contributed by atoms with Gasteiger partial charge < -0.3 is 15.2 Å². The molecule has 1 fully saturated rings. The number of rotatable bonds is 7. The zero-order valence-electron chi connectivity index (χ0n) is 20.5. The lowest BCUT2D eigenvalue weighted by Gasteiger charge is -2.36. The van der Waals surface area contributed by atoms with E-state index in [-0.39, 0.29) is 23.8 Å². The molecule has 2 N–H and O–H groups in total. The number of aromatic amines is 1. The predicted octanol–water partition coefficient (Wildman–Crippen LogP) is 3.98. The third kappa shape index (κ3) is 3.70. The summed E-state index contributed by atoms with van der Waals surface area (Å²) in [5.41, 5.74) is 2.86. The van der Waals surface area contributed by atoms with Crippen molar-refractivity contribution in [2.45, 2.75) is 51.6 Å². The maximum atomic E-state index is 13.9. The fraction of sp³-hybridized carbons (Fsp3) is 0.393. The molecule has 3 heterocycles. The second-order valence-corrected chi connectivity index (χ2v) is 10.0. The van der Waals surface area contributed by atoms with Gasteiger partial charge in [0.25, 0.3) is 5.91 Å². The van der Waals surface area contributed by atoms with Crippen LogP contribution in [0.1, 0.15) is 44.0 Å². The number of benzene rings is 2. The van der Waals surface area contributed by atoms with Crippen LogP contribution in [-0.4, -0.2) is 51.8 Å². The normalized spacial score (nSPS) is 20.3. The van der Waals surface area contributed by atoms with Crippen molar-refractivity contribution < 1.29 is 14.4 Å². The maximum absolute atomic E-state index is 13.9. The number of carbonyl (C=O) groups is 3. The van der Waals surface area contributed by atoms with Gasteiger partial charge in [-0.3, -0.25) is 9.59 Å². The molecule has 7 heteroatoms. The molecule has 7 nitrogen and oxygen atoms in total. The van der Waals surface area contributed by atoms with Gasteiger partial charge in [-0.2, -0.15) is 0 Å². The van der Waals surface area contributed by atoms with Crippen molar-refractivity contribution in [3.05, 3.63) is 71.4 Å². The Morgan fingerprint density at radius 1 is 1.09 bits per heavy atom. The molecule has 2 aromatic carbocycles. The monoisotopic (exact) mass is 472 g/mol. The SMILES string of the molecule is CC(C)C(C(=O)NCCCc1ccccc1)N1C(=O)N2CCc3c([nH]c4ccccc34)C2(C)C1=O. The molecule has 2 aliphatic heterocycles. The standard InChI is InChI=1S/C28H32N4O3/c1-18(2)23(25(33)29-16-9-12-19-10-5-4-6-11-19)32-26(34)28(3)24-21(15-17-31(28)27(32)35)20-13-7-8-14-22(20)30-24/h4-8,10-11,13-14,18,23,30H,9,12,15-17H2,1-3H3,(H,29,33). The number of amides is 4. The van der Waals surface area contributed by atoms with E-state index >= 15 is 0 Å². The van der Waals surface area contributed by atoms with Crippen LogP contribution in [0.2, 0.25) is 0 Å². The molecule has 0 radical (unpaired) electrons. The summed E-state index contributed by atoms with van der Waals surface area (Å²) in [4.78, 5) is 47.1. The molecule has 0 bridgehead atoms. The number of para-hydroxylation sites is 1. The highest BCUT2D eigenvalue weighted by molar-refractivity contribution is 6.11. The highest BCUT2D eigenvalue weighted by atomic mass is 16.2. The molecule has 2 aliphatic rings. The smallest absolute Gasteiger partial charge is 0.328 e. The molecular weight excluding hydrogens is 440 g/mol. The van der Waals surface area contributed by atoms with Gasteiger partial charge in [-0.15, -0.1) is 0 Å². The van der Waals surface area contributed by atoms with Gasteiger partial charge in [0.05, 0.1) is 5.69 Å². The van der Waals surface area contributed by atoms with E-state index in [0.717, 1.165) is 35.0 Å². The average Bonchev–Trinajstić information content (AvgIpc) is 3.32. The Kier molecular flexibility index (Phi) is 5.87. The minimum atomic E-state index is -1.15. The minimum absolute atomic E-state index is 0.218. The molecular formula is C28H32N4O3. The first-order chi connectivity index (χ1) is 16.8. The van der Waals surface area contributed by atoms with Crippen LogP contribution in [0.3, 0.4) is 0 Å². The van der Waals surface area contributed by atoms with E-state index in [2.05, 4.69) is 22.4 Å². The third-order valence-corrected chi connectivity index (χ3v) is 7.46. The lowest BCUT2D eigenvalue weighted by Crippen LogP contribution is -2.53. The van der Waals surface area contributed by atoms with E-state index in [1.165, 1.54) is 10.5 Å². The molecule has 4 amide bonds. The zero-order valence-corrected chi connectivity index (χ0v) is 20.5. The second-order valence-electron chi connectivity index (χ2n) is 10.0. The summed E-state index contributed by atoms with van der Waals surface area (Å²) in [6, 6.07) is 16.8. The number of hydrogen-bond acceptors (Lipinski definition) is 3. The van der Waals surface area contributed by atoms with Gasteiger partial charge in [0, 0.05) is 24.0 Å². The number of fused-ring (bicyclic) bond motifs is 5. The van der Waals surface area contributed by atoms with Crippen molar-refractivity contribution in [1.82, 2.24) is 20.1 Å². The Morgan fingerprint density at radius 3 is 2.54 bits per heavy atom. The number of nitrogens with zero attached hydrogens (tertiary/aromatic N) is 2. The molecule has 0 aliphatic carbocycles. The fourth-order valence-electron chi connectivity index (χ4n) is 5.63. The molecule has 1 saturated heterocycles. The van der Waals surface area contributed by atoms with Gasteiger partial charge >= 0.3 is 6.03 Å². The van der Waals surface area contributed by atoms with E-state index in [4.69, 9.17) is 0 Å². The Bertz CT molecular complexity index is 1280. The number of H-pyrrole nitrogens is 1. The largest absolute Gasteiger partial charge is 0.356 e. The number of imide groups is 1. The molecule has 35 heavy (non-hydrogen) atoms. The van der Waals surface area contributed by atoms with E-state index in [1.807, 2.05) is 56.3 Å². The second kappa shape index (κ2) is 8.87. The molecule has 2 atom stereocenters. The summed E-state index contributed by atoms with van der Waals surface area (Å²) in [5.74, 6) is -0.840. The topological polar surface area (TPSA) is 85.5 Å². The molecule has 1 aromatic heterocycles. The Balaban J connectivity index is 1.37. The Morgan fingerprint density at radius 2 is 1.80 bits per heavy atom. The third-order valence-electron chi connectivity index (χ3n) is 7.46. The van der Waals surface area contributed by atoms with Crippen LogP contribution < -0.4 is 5.32 Å². The highest BCUT2D eigenvalue weighted by Crippen LogP contribution is 2.45. The van der Waals surface area contributed by atoms with Crippen molar-refractivity contribution in [3.8, 4) is 0 Å². The first kappa shape index (κ1) is 23.1. The highest BCUT2D eigenvalue weighted by Gasteiger charge is 2.61. The molecule has 2 unspecified atom stereocenters. The first-order valence-electron chi connectivity index (χ1n) is 12.4. The van der Waals surface area contributed by atoms with Crippen LogP contribution in [0.4, 0.5) is 4.79 Å². The number of carbonyl (C=O) groups excluding carboxylic acids is 3. The van der Waals surface area contributed by atoms with Crippen molar-refractivity contribution >= 4 is 28.7 Å². The summed E-state index contributed by atoms with van der Waals surface area (Å²) in [6.45, 7) is 6.48. The van der Waals surface area contributed by atoms with E-state index in [9.17, 15) is 14.4 Å². The summed E-state index contributed by atoms with van der Waals surface area (Å²) >= 11 is 0. The van der Waals surface area contributed by atoms with Crippen LogP contribution >= 0.6 is 0 Å². The number of aromatic nitrogens is 1. The van der Waals surface area contributed by atoms with Gasteiger partial charge in [0.1, 0.15) is 6.04 Å². The zero-order chi connectivity index (χ0) is 24.7. The number of nitrogens with one attached hydrogen (secondary N) is 2. The molecule has 0 spiro atoms. The predicted molar refractivity (Wildman–Crippen MR) is 135 cm³/mol. The molecule has 3 aromatic rings. The van der Waals surface area contributed by atoms with E-state index in [0.29, 0.717) is 19.5 Å². The van der Waals surface area contributed by atoms with E-state index in [1.54, 1.807) is 11.8 Å². The lowest BCUT2D eigenvalue weighted by atomic mass is 9.86. The molecule has 182 valence electrons. The Labute approximate surface area is 205 Å². The molecule has 5 rings (SSSR count). The minimum Gasteiger partial charge on any atom is -0.356 e. The summed E-state index contributed by atoms with van der Waals surface area (Å²) < 4.78 is 0. The number of hydrogen-bond donors (Lipinski definition) is 2. The Hall–Kier alpha value is -3.61. The van der Waals surface area contributed by atoms with Crippen LogP contribution in [0.15, 0.2) is 54.6 Å². The van der Waals surface area contributed by atoms with Gasteiger partial charge in [-0.1, -0.05) is 62.4 Å². The van der Waals surface area contributed by atoms with Crippen molar-refractivity contribution in [2.24, 2.45) is 5.92 Å². The van der Waals surface area contributed by atoms with Gasteiger partial charge in [0.2, 0.25) is 5.91 Å². The van der Waals surface area contributed by atoms with Crippen molar-refractivity contribution in [3.63, 3.8) is 0 Å². The lowest BCUT2D eigenvalue weighted by molar-refractivity contribution is -0.140. The van der Waals surface area contributed by atoms with Crippen LogP contribution in [0, 0.1) is 5.92 Å². The summed E-state index contributed by atoms with van der Waals surface area (Å²) in [6.07, 6.45) is 2.30.